The van der Waals surface area contributed by atoms with Crippen molar-refractivity contribution in [1.82, 2.24) is 4.90 Å². The van der Waals surface area contributed by atoms with E-state index in [1.54, 1.807) is 27.7 Å². The number of imide groups is 1. The number of hydrogen-bond acceptors (Lipinski definition) is 5. The summed E-state index contributed by atoms with van der Waals surface area (Å²) < 4.78 is 5.07. The van der Waals surface area contributed by atoms with Gasteiger partial charge >= 0.3 is 6.09 Å². The van der Waals surface area contributed by atoms with Crippen molar-refractivity contribution in [3.63, 3.8) is 0 Å². The lowest BCUT2D eigenvalue weighted by molar-refractivity contribution is -0.317. The summed E-state index contributed by atoms with van der Waals surface area (Å²) in [5, 5.41) is 11.3. The summed E-state index contributed by atoms with van der Waals surface area (Å²) in [4.78, 5) is 35.6. The molecule has 0 bridgehead atoms. The molecule has 1 rings (SSSR count). The molecule has 102 valence electrons. The van der Waals surface area contributed by atoms with Crippen LogP contribution in [0.15, 0.2) is 0 Å². The Kier molecular flexibility index (Phi) is 3.69. The number of aliphatic carboxylic acids is 1. The van der Waals surface area contributed by atoms with E-state index in [2.05, 4.69) is 0 Å². The smallest absolute Gasteiger partial charge is 0.417 e. The summed E-state index contributed by atoms with van der Waals surface area (Å²) in [7, 11) is 0. The minimum atomic E-state index is -1.57. The summed E-state index contributed by atoms with van der Waals surface area (Å²) in [5.41, 5.74) is -2.36. The monoisotopic (exact) mass is 256 g/mol. The van der Waals surface area contributed by atoms with Crippen molar-refractivity contribution in [2.45, 2.75) is 58.1 Å². The summed E-state index contributed by atoms with van der Waals surface area (Å²) in [6.07, 6.45) is -0.721. The van der Waals surface area contributed by atoms with Crippen LogP contribution in [0.25, 0.3) is 0 Å². The zero-order valence-electron chi connectivity index (χ0n) is 11.1. The van der Waals surface area contributed by atoms with Crippen molar-refractivity contribution < 1.29 is 24.2 Å². The molecule has 6 heteroatoms. The van der Waals surface area contributed by atoms with Gasteiger partial charge < -0.3 is 14.6 Å². The summed E-state index contributed by atoms with van der Waals surface area (Å²) in [5.74, 6) is -1.95. The zero-order chi connectivity index (χ0) is 14.1. The van der Waals surface area contributed by atoms with Crippen LogP contribution in [0, 0.1) is 0 Å². The van der Waals surface area contributed by atoms with Crippen molar-refractivity contribution >= 4 is 18.0 Å². The maximum absolute atomic E-state index is 11.9. The quantitative estimate of drug-likeness (QED) is 0.715. The van der Waals surface area contributed by atoms with E-state index in [9.17, 15) is 19.5 Å². The van der Waals surface area contributed by atoms with Crippen LogP contribution >= 0.6 is 0 Å². The lowest BCUT2D eigenvalue weighted by atomic mass is 9.93. The normalized spacial score (nSPS) is 24.2. The van der Waals surface area contributed by atoms with E-state index in [1.165, 1.54) is 0 Å². The highest BCUT2D eigenvalue weighted by atomic mass is 16.6. The highest BCUT2D eigenvalue weighted by molar-refractivity contribution is 6.01. The second kappa shape index (κ2) is 4.59. The van der Waals surface area contributed by atoms with E-state index in [0.717, 1.165) is 0 Å². The molecular formula is C12H18NO5-. The first-order valence-corrected chi connectivity index (χ1v) is 5.91. The predicted octanol–water partition coefficient (Wildman–Crippen LogP) is 0.443. The van der Waals surface area contributed by atoms with Gasteiger partial charge in [0.05, 0.1) is 11.5 Å². The number of carboxylic acid groups (broad SMARTS) is 1. The number of carboxylic acids is 1. The lowest BCUT2D eigenvalue weighted by Crippen LogP contribution is -2.60. The van der Waals surface area contributed by atoms with Gasteiger partial charge in [-0.1, -0.05) is 6.92 Å². The van der Waals surface area contributed by atoms with E-state index in [4.69, 9.17) is 4.74 Å². The van der Waals surface area contributed by atoms with E-state index in [0.29, 0.717) is 4.90 Å². The van der Waals surface area contributed by atoms with Gasteiger partial charge in [0.1, 0.15) is 5.60 Å². The Hall–Kier alpha value is -1.59. The standard InChI is InChI=1S/C12H19NO5/c1-5-12(9(15)16)7-6-8(14)13(12)10(17)18-11(2,3)4/h5-7H2,1-4H3,(H,15,16)/p-1. The van der Waals surface area contributed by atoms with Gasteiger partial charge in [-0.2, -0.15) is 0 Å². The second-order valence-electron chi connectivity index (χ2n) is 5.38. The van der Waals surface area contributed by atoms with E-state index >= 15 is 0 Å². The SMILES string of the molecule is CCC1(C(=O)[O-])CCC(=O)N1C(=O)OC(C)(C)C. The van der Waals surface area contributed by atoms with Crippen molar-refractivity contribution in [1.29, 1.82) is 0 Å². The molecule has 1 heterocycles. The number of carbonyl (C=O) groups excluding carboxylic acids is 3. The number of amides is 2. The van der Waals surface area contributed by atoms with Crippen LogP contribution in [0.2, 0.25) is 0 Å². The molecule has 18 heavy (non-hydrogen) atoms. The Morgan fingerprint density at radius 2 is 2.00 bits per heavy atom. The molecule has 0 aromatic rings. The van der Waals surface area contributed by atoms with Crippen molar-refractivity contribution in [3.05, 3.63) is 0 Å². The molecule has 0 N–H and O–H groups in total. The van der Waals surface area contributed by atoms with E-state index in [-0.39, 0.29) is 19.3 Å². The second-order valence-corrected chi connectivity index (χ2v) is 5.38. The molecule has 1 aliphatic rings. The van der Waals surface area contributed by atoms with Crippen molar-refractivity contribution in [2.24, 2.45) is 0 Å². The molecule has 1 fully saturated rings. The third-order valence-corrected chi connectivity index (χ3v) is 2.97. The third-order valence-electron chi connectivity index (χ3n) is 2.97. The Labute approximate surface area is 106 Å². The minimum absolute atomic E-state index is 0.0149. The van der Waals surface area contributed by atoms with Crippen LogP contribution in [0.4, 0.5) is 4.79 Å². The topological polar surface area (TPSA) is 86.7 Å². The number of nitrogens with zero attached hydrogens (tertiary/aromatic N) is 1. The molecule has 0 aromatic carbocycles. The van der Waals surface area contributed by atoms with Gasteiger partial charge in [0, 0.05) is 6.42 Å². The largest absolute Gasteiger partial charge is 0.548 e. The molecule has 2 amide bonds. The van der Waals surface area contributed by atoms with Crippen molar-refractivity contribution in [2.75, 3.05) is 0 Å². The molecule has 0 saturated carbocycles. The Morgan fingerprint density at radius 1 is 1.44 bits per heavy atom. The van der Waals surface area contributed by atoms with Crippen LogP contribution in [-0.2, 0) is 14.3 Å². The fourth-order valence-corrected chi connectivity index (χ4v) is 2.03. The molecule has 0 aliphatic carbocycles. The zero-order valence-corrected chi connectivity index (χ0v) is 11.1. The van der Waals surface area contributed by atoms with Crippen LogP contribution in [0.1, 0.15) is 47.0 Å². The highest BCUT2D eigenvalue weighted by Gasteiger charge is 2.50. The molecule has 6 nitrogen and oxygen atoms in total. The van der Waals surface area contributed by atoms with Crippen molar-refractivity contribution in [3.8, 4) is 0 Å². The number of likely N-dealkylation sites (tertiary alicyclic amines) is 1. The highest BCUT2D eigenvalue weighted by Crippen LogP contribution is 2.34. The molecule has 0 spiro atoms. The van der Waals surface area contributed by atoms with Gasteiger partial charge in [0.15, 0.2) is 0 Å². The summed E-state index contributed by atoms with van der Waals surface area (Å²) >= 11 is 0. The van der Waals surface area contributed by atoms with Gasteiger partial charge in [-0.25, -0.2) is 9.69 Å². The predicted molar refractivity (Wildman–Crippen MR) is 60.3 cm³/mol. The van der Waals surface area contributed by atoms with Gasteiger partial charge in [-0.15, -0.1) is 0 Å². The van der Waals surface area contributed by atoms with Crippen LogP contribution in [0.3, 0.4) is 0 Å². The molecule has 0 aromatic heterocycles. The lowest BCUT2D eigenvalue weighted by Gasteiger charge is -2.37. The van der Waals surface area contributed by atoms with E-state index < -0.39 is 29.1 Å². The van der Waals surface area contributed by atoms with Crippen LogP contribution in [0.5, 0.6) is 0 Å². The Bertz CT molecular complexity index is 384. The first-order chi connectivity index (χ1) is 8.14. The van der Waals surface area contributed by atoms with Gasteiger partial charge in [-0.3, -0.25) is 4.79 Å². The van der Waals surface area contributed by atoms with Crippen LogP contribution in [-0.4, -0.2) is 34.0 Å². The van der Waals surface area contributed by atoms with Gasteiger partial charge in [0.25, 0.3) is 0 Å². The fourth-order valence-electron chi connectivity index (χ4n) is 2.03. The van der Waals surface area contributed by atoms with Gasteiger partial charge in [0.2, 0.25) is 5.91 Å². The molecule has 0 radical (unpaired) electrons. The van der Waals surface area contributed by atoms with E-state index in [1.807, 2.05) is 0 Å². The Balaban J connectivity index is 3.06. The minimum Gasteiger partial charge on any atom is -0.548 e. The Morgan fingerprint density at radius 3 is 2.39 bits per heavy atom. The van der Waals surface area contributed by atoms with Gasteiger partial charge in [-0.05, 0) is 33.6 Å². The first kappa shape index (κ1) is 14.5. The fraction of sp³-hybridized carbons (Fsp3) is 0.750. The molecular weight excluding hydrogens is 238 g/mol. The third kappa shape index (κ3) is 2.47. The molecule has 1 unspecified atom stereocenters. The maximum atomic E-state index is 11.9. The maximum Gasteiger partial charge on any atom is 0.417 e. The molecule has 1 saturated heterocycles. The average Bonchev–Trinajstić information content (AvgIpc) is 2.53. The first-order valence-electron chi connectivity index (χ1n) is 5.91. The summed E-state index contributed by atoms with van der Waals surface area (Å²) in [6.45, 7) is 6.56. The number of ether oxygens (including phenoxy) is 1. The summed E-state index contributed by atoms with van der Waals surface area (Å²) in [6, 6.07) is 0. The number of carbonyl (C=O) groups is 3. The number of rotatable bonds is 2. The number of hydrogen-bond donors (Lipinski definition) is 0. The van der Waals surface area contributed by atoms with Crippen LogP contribution < -0.4 is 5.11 Å². The molecule has 1 atom stereocenters. The molecule has 1 aliphatic heterocycles. The average molecular weight is 256 g/mol.